The van der Waals surface area contributed by atoms with Crippen LogP contribution in [0, 0.1) is 12.3 Å². The van der Waals surface area contributed by atoms with Crippen molar-refractivity contribution in [2.75, 3.05) is 18.0 Å². The van der Waals surface area contributed by atoms with E-state index in [2.05, 4.69) is 107 Å². The number of rotatable bonds is 14. The summed E-state index contributed by atoms with van der Waals surface area (Å²) in [6, 6.07) is 23.7. The van der Waals surface area contributed by atoms with Gasteiger partial charge in [-0.25, -0.2) is 0 Å². The molecule has 2 radical (unpaired) electrons. The van der Waals surface area contributed by atoms with Crippen molar-refractivity contribution in [1.82, 2.24) is 0 Å². The lowest BCUT2D eigenvalue weighted by Gasteiger charge is -2.28. The normalized spacial score (nSPS) is 19.4. The molecule has 296 valence electrons. The number of ether oxygens (including phenoxy) is 1. The van der Waals surface area contributed by atoms with E-state index in [1.165, 1.54) is 29.4 Å². The summed E-state index contributed by atoms with van der Waals surface area (Å²) in [5, 5.41) is 0. The molecule has 3 aliphatic rings. The minimum absolute atomic E-state index is 0.0766. The van der Waals surface area contributed by atoms with Gasteiger partial charge in [0, 0.05) is 47.5 Å². The molecule has 1 aliphatic carbocycles. The van der Waals surface area contributed by atoms with Crippen LogP contribution in [0.4, 0.5) is 11.4 Å². The second kappa shape index (κ2) is 16.7. The number of unbranched alkanes of at least 4 members (excludes halogenated alkanes) is 3. The van der Waals surface area contributed by atoms with Gasteiger partial charge in [-0.1, -0.05) is 89.9 Å². The Morgan fingerprint density at radius 2 is 1.59 bits per heavy atom. The van der Waals surface area contributed by atoms with Crippen LogP contribution in [0.5, 0.6) is 5.75 Å². The maximum atomic E-state index is 12.3. The maximum absolute atomic E-state index is 12.3. The summed E-state index contributed by atoms with van der Waals surface area (Å²) in [5.74, 6) is 1.68. The SMILES string of the molecule is [CH]CCC[N+]1=C(/C=C/C2=C(Oc3ccccc3)C(=C/C=C3/N(CCCCCC(C)(C)C)c4ccc(S(=O)(=O)O)cc4C3(C)C)/CCC2)C(C)(C)c2ccccc21. The van der Waals surface area contributed by atoms with E-state index < -0.39 is 15.5 Å². The first-order valence-corrected chi connectivity index (χ1v) is 21.9. The van der Waals surface area contributed by atoms with Crippen molar-refractivity contribution < 1.29 is 22.3 Å². The van der Waals surface area contributed by atoms with Gasteiger partial charge in [0.1, 0.15) is 18.1 Å². The van der Waals surface area contributed by atoms with Crippen LogP contribution in [0.15, 0.2) is 125 Å². The smallest absolute Gasteiger partial charge is 0.294 e. The number of anilines is 1. The molecule has 3 aromatic rings. The van der Waals surface area contributed by atoms with Gasteiger partial charge in [0.15, 0.2) is 5.71 Å². The largest absolute Gasteiger partial charge is 0.457 e. The van der Waals surface area contributed by atoms with E-state index in [9.17, 15) is 13.0 Å². The zero-order valence-electron chi connectivity index (χ0n) is 34.6. The molecule has 0 saturated heterocycles. The maximum Gasteiger partial charge on any atom is 0.294 e. The number of fused-ring (bicyclic) bond motifs is 2. The van der Waals surface area contributed by atoms with E-state index in [1.54, 1.807) is 6.07 Å². The monoisotopic (exact) mass is 773 g/mol. The molecule has 1 N–H and O–H groups in total. The van der Waals surface area contributed by atoms with Crippen LogP contribution < -0.4 is 9.64 Å². The van der Waals surface area contributed by atoms with Gasteiger partial charge in [0.2, 0.25) is 5.69 Å². The Balaban J connectivity index is 1.42. The highest BCUT2D eigenvalue weighted by molar-refractivity contribution is 7.85. The molecular formula is C49H61N2O4S+. The zero-order chi connectivity index (χ0) is 40.3. The molecule has 0 amide bonds. The molecule has 7 heteroatoms. The first-order valence-electron chi connectivity index (χ1n) is 20.4. The Morgan fingerprint density at radius 3 is 2.30 bits per heavy atom. The van der Waals surface area contributed by atoms with Gasteiger partial charge < -0.3 is 9.64 Å². The third-order valence-electron chi connectivity index (χ3n) is 11.7. The lowest BCUT2D eigenvalue weighted by molar-refractivity contribution is -0.438. The highest BCUT2D eigenvalue weighted by Crippen LogP contribution is 2.49. The fourth-order valence-electron chi connectivity index (χ4n) is 8.61. The molecule has 3 aromatic carbocycles. The van der Waals surface area contributed by atoms with Crippen molar-refractivity contribution in [3.63, 3.8) is 0 Å². The Bertz CT molecular complexity index is 2180. The minimum atomic E-state index is -4.35. The number of nitrogens with zero attached hydrogens (tertiary/aromatic N) is 2. The lowest BCUT2D eigenvalue weighted by Crippen LogP contribution is -2.28. The highest BCUT2D eigenvalue weighted by atomic mass is 32.2. The van der Waals surface area contributed by atoms with Gasteiger partial charge in [0.25, 0.3) is 10.1 Å². The number of hydrogen-bond acceptors (Lipinski definition) is 4. The van der Waals surface area contributed by atoms with E-state index in [0.29, 0.717) is 11.8 Å². The van der Waals surface area contributed by atoms with Gasteiger partial charge in [-0.05, 0) is 124 Å². The van der Waals surface area contributed by atoms with Crippen molar-refractivity contribution in [2.45, 2.75) is 122 Å². The van der Waals surface area contributed by atoms with Gasteiger partial charge in [-0.2, -0.15) is 13.0 Å². The molecule has 0 atom stereocenters. The summed E-state index contributed by atoms with van der Waals surface area (Å²) in [4.78, 5) is 2.28. The summed E-state index contributed by atoms with van der Waals surface area (Å²) < 4.78 is 43.7. The molecule has 6 rings (SSSR count). The Morgan fingerprint density at radius 1 is 0.857 bits per heavy atom. The van der Waals surface area contributed by atoms with E-state index in [0.717, 1.165) is 97.6 Å². The summed E-state index contributed by atoms with van der Waals surface area (Å²) in [5.41, 5.74) is 8.71. The molecule has 0 bridgehead atoms. The number of allylic oxidation sites excluding steroid dienone is 7. The van der Waals surface area contributed by atoms with E-state index >= 15 is 0 Å². The first kappa shape index (κ1) is 41.4. The summed E-state index contributed by atoms with van der Waals surface area (Å²) in [6.07, 6.45) is 17.8. The number of benzene rings is 3. The third-order valence-corrected chi connectivity index (χ3v) is 12.5. The van der Waals surface area contributed by atoms with Crippen molar-refractivity contribution in [3.8, 4) is 5.75 Å². The van der Waals surface area contributed by atoms with Crippen LogP contribution in [0.1, 0.15) is 117 Å². The van der Waals surface area contributed by atoms with Crippen LogP contribution in [0.2, 0.25) is 0 Å². The van der Waals surface area contributed by atoms with Crippen molar-refractivity contribution in [1.29, 1.82) is 0 Å². The Kier molecular flexibility index (Phi) is 12.4. The van der Waals surface area contributed by atoms with Gasteiger partial charge in [-0.3, -0.25) is 4.55 Å². The molecule has 2 heterocycles. The summed E-state index contributed by atoms with van der Waals surface area (Å²) in [7, 11) is -4.35. The van der Waals surface area contributed by atoms with Crippen molar-refractivity contribution in [3.05, 3.63) is 138 Å². The average molecular weight is 774 g/mol. The van der Waals surface area contributed by atoms with Crippen LogP contribution in [-0.2, 0) is 20.9 Å². The molecule has 0 unspecified atom stereocenters. The zero-order valence-corrected chi connectivity index (χ0v) is 35.4. The quantitative estimate of drug-likeness (QED) is 0.100. The Hall–Kier alpha value is -4.20. The van der Waals surface area contributed by atoms with Crippen molar-refractivity contribution >= 4 is 27.2 Å². The highest BCUT2D eigenvalue weighted by Gasteiger charge is 2.44. The number of para-hydroxylation sites is 2. The van der Waals surface area contributed by atoms with E-state index in [-0.39, 0.29) is 10.3 Å². The Labute approximate surface area is 337 Å². The minimum Gasteiger partial charge on any atom is -0.457 e. The average Bonchev–Trinajstić information content (AvgIpc) is 3.50. The predicted molar refractivity (Wildman–Crippen MR) is 231 cm³/mol. The molecule has 0 fully saturated rings. The molecule has 2 aliphatic heterocycles. The lowest BCUT2D eigenvalue weighted by atomic mass is 9.81. The fourth-order valence-corrected chi connectivity index (χ4v) is 9.11. The molecular weight excluding hydrogens is 713 g/mol. The first-order chi connectivity index (χ1) is 26.5. The second-order valence-corrected chi connectivity index (χ2v) is 19.2. The molecule has 0 saturated carbocycles. The van der Waals surface area contributed by atoms with Gasteiger partial charge >= 0.3 is 0 Å². The molecule has 0 spiro atoms. The summed E-state index contributed by atoms with van der Waals surface area (Å²) >= 11 is 0. The predicted octanol–water partition coefficient (Wildman–Crippen LogP) is 12.1. The molecule has 0 aromatic heterocycles. The second-order valence-electron chi connectivity index (χ2n) is 17.8. The van der Waals surface area contributed by atoms with Crippen molar-refractivity contribution in [2.24, 2.45) is 5.41 Å². The molecule has 56 heavy (non-hydrogen) atoms. The van der Waals surface area contributed by atoms with E-state index in [1.807, 2.05) is 36.4 Å². The van der Waals surface area contributed by atoms with Crippen LogP contribution in [0.3, 0.4) is 0 Å². The number of hydrogen-bond donors (Lipinski definition) is 1. The fraction of sp³-hybridized carbons (Fsp3) is 0.429. The summed E-state index contributed by atoms with van der Waals surface area (Å²) in [6.45, 7) is 23.4. The molecule has 6 nitrogen and oxygen atoms in total. The van der Waals surface area contributed by atoms with Crippen LogP contribution in [-0.4, -0.2) is 36.3 Å². The van der Waals surface area contributed by atoms with Gasteiger partial charge in [-0.15, -0.1) is 0 Å². The standard InChI is InChI=1S/C49H60N2O4S/c1-9-10-33-50-42-25-16-15-24-40(42)48(5,6)44(50)30-26-36-20-19-21-37(46(36)55-38-22-13-11-14-23-38)27-31-45-49(7,8)41-35-39(56(52,53)54)28-29-43(41)51(45)34-18-12-17-32-47(2,3)4/h1,11,13-16,22-31,35H,9-10,12,17-21,32-34H2,2-8H3/p+1. The topological polar surface area (TPSA) is 69.8 Å². The van der Waals surface area contributed by atoms with E-state index in [4.69, 9.17) is 11.7 Å². The van der Waals surface area contributed by atoms with Gasteiger partial charge in [0.05, 0.1) is 10.3 Å². The van der Waals surface area contributed by atoms with Crippen LogP contribution >= 0.6 is 0 Å². The third kappa shape index (κ3) is 9.00. The van der Waals surface area contributed by atoms with Crippen LogP contribution in [0.25, 0.3) is 0 Å².